The van der Waals surface area contributed by atoms with E-state index in [9.17, 15) is 0 Å². The maximum atomic E-state index is 4.77. The molecule has 1 aliphatic heterocycles. The Morgan fingerprint density at radius 1 is 1.30 bits per heavy atom. The van der Waals surface area contributed by atoms with Crippen molar-refractivity contribution >= 4 is 17.3 Å². The minimum atomic E-state index is 0.612. The van der Waals surface area contributed by atoms with Crippen LogP contribution < -0.4 is 10.6 Å². The van der Waals surface area contributed by atoms with Crippen molar-refractivity contribution in [1.82, 2.24) is 15.5 Å². The molecule has 1 saturated heterocycles. The van der Waals surface area contributed by atoms with Crippen molar-refractivity contribution in [3.05, 3.63) is 22.4 Å². The Balaban J connectivity index is 1.70. The predicted molar refractivity (Wildman–Crippen MR) is 101 cm³/mol. The van der Waals surface area contributed by atoms with Gasteiger partial charge in [-0.05, 0) is 56.6 Å². The maximum absolute atomic E-state index is 4.77. The third-order valence-corrected chi connectivity index (χ3v) is 5.10. The Morgan fingerprint density at radius 2 is 2.13 bits per heavy atom. The maximum Gasteiger partial charge on any atom is 0.191 e. The zero-order valence-corrected chi connectivity index (χ0v) is 15.5. The molecule has 1 aromatic rings. The lowest BCUT2D eigenvalue weighted by atomic mass is 10.1. The molecule has 0 bridgehead atoms. The number of piperidine rings is 1. The average molecular weight is 337 g/mol. The van der Waals surface area contributed by atoms with Crippen LogP contribution in [-0.4, -0.2) is 50.1 Å². The molecule has 0 radical (unpaired) electrons. The molecule has 1 unspecified atom stereocenters. The number of nitrogens with one attached hydrogen (secondary N) is 2. The number of hydrogen-bond acceptors (Lipinski definition) is 3. The van der Waals surface area contributed by atoms with Crippen molar-refractivity contribution in [2.75, 3.05) is 39.3 Å². The van der Waals surface area contributed by atoms with E-state index in [4.69, 9.17) is 4.99 Å². The highest BCUT2D eigenvalue weighted by atomic mass is 32.1. The van der Waals surface area contributed by atoms with E-state index >= 15 is 0 Å². The van der Waals surface area contributed by atoms with Gasteiger partial charge in [0.25, 0.3) is 0 Å². The minimum absolute atomic E-state index is 0.612. The van der Waals surface area contributed by atoms with Crippen LogP contribution >= 0.6 is 11.3 Å². The smallest absolute Gasteiger partial charge is 0.191 e. The van der Waals surface area contributed by atoms with E-state index < -0.39 is 0 Å². The van der Waals surface area contributed by atoms with Gasteiger partial charge in [0.05, 0.1) is 0 Å². The van der Waals surface area contributed by atoms with Gasteiger partial charge in [-0.3, -0.25) is 4.99 Å². The van der Waals surface area contributed by atoms with E-state index in [1.165, 1.54) is 43.8 Å². The Hall–Kier alpha value is -1.07. The summed E-state index contributed by atoms with van der Waals surface area (Å²) in [6, 6.07) is 4.30. The first-order valence-corrected chi connectivity index (χ1v) is 9.92. The lowest BCUT2D eigenvalue weighted by Crippen LogP contribution is -2.39. The van der Waals surface area contributed by atoms with Gasteiger partial charge in [0.15, 0.2) is 5.96 Å². The third-order valence-electron chi connectivity index (χ3n) is 4.17. The van der Waals surface area contributed by atoms with E-state index in [1.54, 1.807) is 0 Å². The standard InChI is InChI=1S/C18H32N4S/c1-3-19-18(20-10-9-17-8-7-13-23-17)21-14-16(2)15-22-11-5-4-6-12-22/h7-8,13,16H,3-6,9-12,14-15H2,1-2H3,(H2,19,20,21). The summed E-state index contributed by atoms with van der Waals surface area (Å²) < 4.78 is 0. The molecule has 5 heteroatoms. The Kier molecular flexibility index (Phi) is 8.47. The van der Waals surface area contributed by atoms with Crippen LogP contribution in [0.4, 0.5) is 0 Å². The number of likely N-dealkylation sites (tertiary alicyclic amines) is 1. The van der Waals surface area contributed by atoms with E-state index in [2.05, 4.69) is 46.9 Å². The summed E-state index contributed by atoms with van der Waals surface area (Å²) in [6.45, 7) is 10.9. The van der Waals surface area contributed by atoms with Gasteiger partial charge in [0.1, 0.15) is 0 Å². The molecule has 2 N–H and O–H groups in total. The highest BCUT2D eigenvalue weighted by Crippen LogP contribution is 2.11. The summed E-state index contributed by atoms with van der Waals surface area (Å²) in [6.07, 6.45) is 5.19. The number of nitrogens with zero attached hydrogens (tertiary/aromatic N) is 2. The number of guanidine groups is 1. The molecule has 1 atom stereocenters. The van der Waals surface area contributed by atoms with Gasteiger partial charge in [-0.2, -0.15) is 0 Å². The zero-order chi connectivity index (χ0) is 16.3. The molecule has 1 aromatic heterocycles. The second-order valence-electron chi connectivity index (χ2n) is 6.44. The Morgan fingerprint density at radius 3 is 2.83 bits per heavy atom. The SMILES string of the molecule is CCNC(=NCC(C)CN1CCCCC1)NCCc1cccs1. The molecule has 130 valence electrons. The minimum Gasteiger partial charge on any atom is -0.357 e. The Bertz CT molecular complexity index is 438. The van der Waals surface area contributed by atoms with Crippen LogP contribution in [0.15, 0.2) is 22.5 Å². The molecule has 4 nitrogen and oxygen atoms in total. The number of aliphatic imine (C=N–C) groups is 1. The van der Waals surface area contributed by atoms with Gasteiger partial charge < -0.3 is 15.5 Å². The average Bonchev–Trinajstić information content (AvgIpc) is 3.07. The van der Waals surface area contributed by atoms with Crippen LogP contribution in [-0.2, 0) is 6.42 Å². The van der Waals surface area contributed by atoms with Crippen molar-refractivity contribution in [1.29, 1.82) is 0 Å². The molecule has 0 aliphatic carbocycles. The lowest BCUT2D eigenvalue weighted by Gasteiger charge is -2.28. The summed E-state index contributed by atoms with van der Waals surface area (Å²) in [7, 11) is 0. The summed E-state index contributed by atoms with van der Waals surface area (Å²) in [4.78, 5) is 8.79. The molecule has 0 aromatic carbocycles. The quantitative estimate of drug-likeness (QED) is 0.566. The molecule has 0 saturated carbocycles. The molecule has 1 fully saturated rings. The highest BCUT2D eigenvalue weighted by molar-refractivity contribution is 7.09. The zero-order valence-electron chi connectivity index (χ0n) is 14.7. The van der Waals surface area contributed by atoms with Crippen molar-refractivity contribution in [2.45, 2.75) is 39.5 Å². The normalized spacial score (nSPS) is 17.9. The van der Waals surface area contributed by atoms with E-state index in [0.717, 1.165) is 32.0 Å². The molecule has 0 amide bonds. The fourth-order valence-electron chi connectivity index (χ4n) is 2.99. The Labute approximate surface area is 145 Å². The molecule has 2 rings (SSSR count). The van der Waals surface area contributed by atoms with Crippen molar-refractivity contribution in [2.24, 2.45) is 10.9 Å². The first-order chi connectivity index (χ1) is 11.3. The topological polar surface area (TPSA) is 39.7 Å². The van der Waals surface area contributed by atoms with E-state index in [0.29, 0.717) is 5.92 Å². The van der Waals surface area contributed by atoms with Gasteiger partial charge in [0.2, 0.25) is 0 Å². The summed E-state index contributed by atoms with van der Waals surface area (Å²) >= 11 is 1.82. The molecular weight excluding hydrogens is 304 g/mol. The fourth-order valence-corrected chi connectivity index (χ4v) is 3.70. The van der Waals surface area contributed by atoms with Crippen LogP contribution in [0, 0.1) is 5.92 Å². The molecule has 1 aliphatic rings. The number of rotatable bonds is 8. The monoisotopic (exact) mass is 336 g/mol. The van der Waals surface area contributed by atoms with Gasteiger partial charge in [-0.1, -0.05) is 19.4 Å². The summed E-state index contributed by atoms with van der Waals surface area (Å²) in [5, 5.41) is 8.94. The van der Waals surface area contributed by atoms with Gasteiger partial charge in [-0.25, -0.2) is 0 Å². The second kappa shape index (κ2) is 10.7. The van der Waals surface area contributed by atoms with Crippen LogP contribution in [0.2, 0.25) is 0 Å². The van der Waals surface area contributed by atoms with Crippen molar-refractivity contribution in [3.8, 4) is 0 Å². The van der Waals surface area contributed by atoms with Gasteiger partial charge in [-0.15, -0.1) is 11.3 Å². The first kappa shape index (κ1) is 18.3. The number of thiophene rings is 1. The largest absolute Gasteiger partial charge is 0.357 e. The van der Waals surface area contributed by atoms with E-state index in [-0.39, 0.29) is 0 Å². The molecule has 23 heavy (non-hydrogen) atoms. The second-order valence-corrected chi connectivity index (χ2v) is 7.47. The molecule has 0 spiro atoms. The molecule has 2 heterocycles. The number of hydrogen-bond donors (Lipinski definition) is 2. The highest BCUT2D eigenvalue weighted by Gasteiger charge is 2.13. The summed E-state index contributed by atoms with van der Waals surface area (Å²) in [5.74, 6) is 1.57. The van der Waals surface area contributed by atoms with E-state index in [1.807, 2.05) is 11.3 Å². The van der Waals surface area contributed by atoms with Gasteiger partial charge >= 0.3 is 0 Å². The molecular formula is C18H32N4S. The first-order valence-electron chi connectivity index (χ1n) is 9.05. The van der Waals surface area contributed by atoms with Crippen LogP contribution in [0.25, 0.3) is 0 Å². The van der Waals surface area contributed by atoms with Gasteiger partial charge in [0, 0.05) is 31.1 Å². The van der Waals surface area contributed by atoms with Crippen molar-refractivity contribution in [3.63, 3.8) is 0 Å². The van der Waals surface area contributed by atoms with Crippen LogP contribution in [0.5, 0.6) is 0 Å². The van der Waals surface area contributed by atoms with Crippen molar-refractivity contribution < 1.29 is 0 Å². The fraction of sp³-hybridized carbons (Fsp3) is 0.722. The predicted octanol–water partition coefficient (Wildman–Crippen LogP) is 2.97. The van der Waals surface area contributed by atoms with Crippen LogP contribution in [0.1, 0.15) is 38.0 Å². The summed E-state index contributed by atoms with van der Waals surface area (Å²) in [5.41, 5.74) is 0. The third kappa shape index (κ3) is 7.36. The lowest BCUT2D eigenvalue weighted by molar-refractivity contribution is 0.203. The van der Waals surface area contributed by atoms with Crippen LogP contribution in [0.3, 0.4) is 0 Å².